The number of benzene rings is 3. The van der Waals surface area contributed by atoms with Crippen molar-refractivity contribution in [1.82, 2.24) is 4.98 Å². The molecule has 1 N–H and O–H groups in total. The molecule has 0 unspecified atom stereocenters. The third-order valence-corrected chi connectivity index (χ3v) is 4.44. The maximum atomic E-state index is 14.2. The molecule has 25 heavy (non-hydrogen) atoms. The molecular formula is C20H13Cl2FNO+. The van der Waals surface area contributed by atoms with Crippen LogP contribution in [0.2, 0.25) is 10.0 Å². The first-order valence-electron chi connectivity index (χ1n) is 7.63. The quantitative estimate of drug-likeness (QED) is 0.460. The molecule has 0 spiro atoms. The molecule has 0 fully saturated rings. The lowest BCUT2D eigenvalue weighted by Gasteiger charge is -2.08. The Kier molecular flexibility index (Phi) is 4.12. The predicted molar refractivity (Wildman–Crippen MR) is 95.8 cm³/mol. The van der Waals surface area contributed by atoms with Gasteiger partial charge in [0.25, 0.3) is 0 Å². The molecule has 0 aliphatic heterocycles. The summed E-state index contributed by atoms with van der Waals surface area (Å²) >= 11 is 11.1. The lowest BCUT2D eigenvalue weighted by Crippen LogP contribution is -1.86. The van der Waals surface area contributed by atoms with Crippen LogP contribution < -0.4 is 4.74 Å². The summed E-state index contributed by atoms with van der Waals surface area (Å²) in [6.07, 6.45) is 0. The van der Waals surface area contributed by atoms with E-state index in [-0.39, 0.29) is 5.82 Å². The number of rotatable bonds is 3. The molecule has 2 nitrogen and oxygen atoms in total. The normalized spacial score (nSPS) is 11.0. The van der Waals surface area contributed by atoms with Crippen molar-refractivity contribution in [2.45, 2.75) is 0 Å². The zero-order valence-corrected chi connectivity index (χ0v) is 14.5. The highest BCUT2D eigenvalue weighted by molar-refractivity contribution is 6.30. The second kappa shape index (κ2) is 6.43. The van der Waals surface area contributed by atoms with E-state index in [1.807, 2.05) is 30.3 Å². The van der Waals surface area contributed by atoms with Crippen molar-refractivity contribution in [1.29, 1.82) is 0 Å². The number of aromatic amines is 1. The molecule has 0 aliphatic rings. The number of halogens is 3. The molecule has 3 aromatic carbocycles. The number of hydrogen-bond acceptors (Lipinski definition) is 1. The van der Waals surface area contributed by atoms with Crippen molar-refractivity contribution in [2.75, 3.05) is 0 Å². The molecular weight excluding hydrogens is 360 g/mol. The SMILES string of the molecule is Fc1cccc2c(Oc3ccc(Cl)cc3)c(-c3ccc([ClH+])cc3)[nH]c12. The van der Waals surface area contributed by atoms with Gasteiger partial charge in [-0.1, -0.05) is 17.7 Å². The molecule has 5 heteroatoms. The van der Waals surface area contributed by atoms with Crippen LogP contribution in [0.5, 0.6) is 11.5 Å². The Balaban J connectivity index is 1.90. The molecule has 0 saturated heterocycles. The molecule has 0 radical (unpaired) electrons. The topological polar surface area (TPSA) is 25.0 Å². The lowest BCUT2D eigenvalue weighted by atomic mass is 10.1. The van der Waals surface area contributed by atoms with E-state index in [2.05, 4.69) is 4.98 Å². The average Bonchev–Trinajstić information content (AvgIpc) is 2.98. The fourth-order valence-electron chi connectivity index (χ4n) is 2.71. The van der Waals surface area contributed by atoms with E-state index in [0.29, 0.717) is 33.1 Å². The average molecular weight is 373 g/mol. The summed E-state index contributed by atoms with van der Waals surface area (Å²) in [6.45, 7) is 0. The number of ether oxygens (including phenoxy) is 1. The molecule has 4 rings (SSSR count). The lowest BCUT2D eigenvalue weighted by molar-refractivity contribution is -0.288. The highest BCUT2D eigenvalue weighted by Crippen LogP contribution is 2.40. The largest absolute Gasteiger partial charge is 0.454 e. The smallest absolute Gasteiger partial charge is 0.225 e. The van der Waals surface area contributed by atoms with Gasteiger partial charge in [0.2, 0.25) is 5.02 Å². The Morgan fingerprint density at radius 1 is 0.920 bits per heavy atom. The second-order valence-corrected chi connectivity index (χ2v) is 6.48. The Morgan fingerprint density at radius 2 is 1.64 bits per heavy atom. The minimum atomic E-state index is -0.329. The van der Waals surface area contributed by atoms with E-state index in [1.165, 1.54) is 6.07 Å². The number of para-hydroxylation sites is 1. The minimum Gasteiger partial charge on any atom is -0.454 e. The second-order valence-electron chi connectivity index (χ2n) is 5.57. The van der Waals surface area contributed by atoms with Gasteiger partial charge in [0.15, 0.2) is 17.4 Å². The summed E-state index contributed by atoms with van der Waals surface area (Å²) in [4.78, 5) is 3.14. The molecule has 124 valence electrons. The van der Waals surface area contributed by atoms with Crippen molar-refractivity contribution in [3.05, 3.63) is 82.6 Å². The highest BCUT2D eigenvalue weighted by atomic mass is 35.5. The van der Waals surface area contributed by atoms with E-state index >= 15 is 0 Å². The summed E-state index contributed by atoms with van der Waals surface area (Å²) in [6, 6.07) is 19.4. The van der Waals surface area contributed by atoms with Gasteiger partial charge in [0.1, 0.15) is 11.6 Å². The van der Waals surface area contributed by atoms with Crippen LogP contribution in [0.15, 0.2) is 66.7 Å². The summed E-state index contributed by atoms with van der Waals surface area (Å²) in [7, 11) is 0. The fraction of sp³-hybridized carbons (Fsp3) is 0. The maximum absolute atomic E-state index is 14.2. The highest BCUT2D eigenvalue weighted by Gasteiger charge is 2.18. The monoisotopic (exact) mass is 372 g/mol. The van der Waals surface area contributed by atoms with Crippen molar-refractivity contribution < 1.29 is 20.7 Å². The Labute approximate surface area is 153 Å². The van der Waals surface area contributed by atoms with Gasteiger partial charge in [-0.2, -0.15) is 0 Å². The summed E-state index contributed by atoms with van der Waals surface area (Å²) in [5.74, 6) is 0.856. The van der Waals surface area contributed by atoms with Crippen molar-refractivity contribution in [2.24, 2.45) is 0 Å². The fourth-order valence-corrected chi connectivity index (χ4v) is 2.97. The third-order valence-electron chi connectivity index (χ3n) is 3.91. The van der Waals surface area contributed by atoms with Crippen LogP contribution in [-0.4, -0.2) is 4.98 Å². The van der Waals surface area contributed by atoms with E-state index in [4.69, 9.17) is 27.9 Å². The standard InChI is InChI=1S/C20H13Cl2FNO/c21-13-6-4-12(5-7-13)18-20(25-15-10-8-14(22)9-11-15)16-2-1-3-17(23)19(16)24-18/h1-11,21,24H/q+1. The zero-order chi connectivity index (χ0) is 17.4. The van der Waals surface area contributed by atoms with Crippen molar-refractivity contribution in [3.63, 3.8) is 0 Å². The summed E-state index contributed by atoms with van der Waals surface area (Å²) in [5.41, 5.74) is 1.97. The van der Waals surface area contributed by atoms with Crippen LogP contribution in [0.25, 0.3) is 22.2 Å². The number of nitrogens with one attached hydrogen (secondary N) is 1. The maximum Gasteiger partial charge on any atom is 0.225 e. The first-order chi connectivity index (χ1) is 12.1. The Bertz CT molecular complexity index is 1040. The van der Waals surface area contributed by atoms with Crippen LogP contribution >= 0.6 is 11.6 Å². The van der Waals surface area contributed by atoms with E-state index < -0.39 is 0 Å². The molecule has 1 aromatic heterocycles. The number of H-pyrrole nitrogens is 1. The van der Waals surface area contributed by atoms with Crippen LogP contribution in [0, 0.1) is 17.4 Å². The van der Waals surface area contributed by atoms with Crippen LogP contribution in [0.1, 0.15) is 0 Å². The molecule has 1 heterocycles. The molecule has 0 amide bonds. The first-order valence-corrected chi connectivity index (χ1v) is 8.41. The van der Waals surface area contributed by atoms with E-state index in [9.17, 15) is 4.39 Å². The van der Waals surface area contributed by atoms with Gasteiger partial charge in [-0.25, -0.2) is 4.39 Å². The van der Waals surface area contributed by atoms with Gasteiger partial charge in [0.05, 0.1) is 11.2 Å². The van der Waals surface area contributed by atoms with Gasteiger partial charge in [-0.05, 0) is 48.5 Å². The van der Waals surface area contributed by atoms with Gasteiger partial charge in [-0.3, -0.25) is 0 Å². The molecule has 0 saturated carbocycles. The third kappa shape index (κ3) is 3.09. The number of fused-ring (bicyclic) bond motifs is 1. The molecule has 0 bridgehead atoms. The van der Waals surface area contributed by atoms with E-state index in [1.54, 1.807) is 30.3 Å². The Hall–Kier alpha value is -2.49. The van der Waals surface area contributed by atoms with Gasteiger partial charge < -0.3 is 9.72 Å². The zero-order valence-electron chi connectivity index (χ0n) is 12.9. The summed E-state index contributed by atoms with van der Waals surface area (Å²) < 4.78 is 20.3. The number of hydrogen-bond donors (Lipinski definition) is 1. The van der Waals surface area contributed by atoms with Gasteiger partial charge in [0, 0.05) is 28.1 Å². The van der Waals surface area contributed by atoms with Crippen molar-refractivity contribution >= 4 is 22.5 Å². The predicted octanol–water partition coefficient (Wildman–Crippen LogP) is 6.12. The van der Waals surface area contributed by atoms with E-state index in [0.717, 1.165) is 10.6 Å². The molecule has 4 aromatic rings. The first kappa shape index (κ1) is 16.0. The molecule has 0 aliphatic carbocycles. The van der Waals surface area contributed by atoms with Crippen LogP contribution in [0.3, 0.4) is 0 Å². The Morgan fingerprint density at radius 3 is 2.36 bits per heavy atom. The summed E-state index contributed by atoms with van der Waals surface area (Å²) in [5, 5.41) is 2.04. The molecule has 0 atom stereocenters. The van der Waals surface area contributed by atoms with Gasteiger partial charge >= 0.3 is 0 Å². The van der Waals surface area contributed by atoms with Crippen LogP contribution in [0.4, 0.5) is 4.39 Å². The van der Waals surface area contributed by atoms with Gasteiger partial charge in [-0.15, -0.1) is 0 Å². The minimum absolute atomic E-state index is 0.329. The van der Waals surface area contributed by atoms with Crippen LogP contribution in [-0.2, 0) is 0 Å². The van der Waals surface area contributed by atoms with Crippen molar-refractivity contribution in [3.8, 4) is 22.8 Å². The number of aromatic nitrogens is 1.